The van der Waals surface area contributed by atoms with Crippen LogP contribution in [-0.2, 0) is 4.79 Å². The van der Waals surface area contributed by atoms with Crippen molar-refractivity contribution in [1.29, 1.82) is 0 Å². The highest BCUT2D eigenvalue weighted by Gasteiger charge is 2.18. The maximum atomic E-state index is 12.9. The number of thiophene rings is 1. The average molecular weight is 415 g/mol. The van der Waals surface area contributed by atoms with Gasteiger partial charge in [0.15, 0.2) is 5.16 Å². The van der Waals surface area contributed by atoms with Crippen LogP contribution in [0.4, 0.5) is 0 Å². The number of likely N-dealkylation sites (N-methyl/N-ethyl adjacent to an activating group) is 1. The maximum Gasteiger partial charge on any atom is 0.282 e. The molecule has 3 rings (SSSR count). The average Bonchev–Trinajstić information content (AvgIpc) is 3.12. The van der Waals surface area contributed by atoms with Gasteiger partial charge >= 0.3 is 0 Å². The largest absolute Gasteiger partial charge is 0.338 e. The summed E-state index contributed by atoms with van der Waals surface area (Å²) < 4.78 is 1.04. The zero-order chi connectivity index (χ0) is 20.3. The van der Waals surface area contributed by atoms with Gasteiger partial charge in [-0.3, -0.25) is 9.59 Å². The second-order valence-corrected chi connectivity index (χ2v) is 8.22. The van der Waals surface area contributed by atoms with E-state index in [1.54, 1.807) is 4.90 Å². The lowest BCUT2D eigenvalue weighted by molar-refractivity contribution is -0.127. The first-order valence-electron chi connectivity index (χ1n) is 8.82. The van der Waals surface area contributed by atoms with Crippen LogP contribution >= 0.6 is 23.1 Å². The molecule has 28 heavy (non-hydrogen) atoms. The molecule has 8 heteroatoms. The Hall–Kier alpha value is -2.58. The van der Waals surface area contributed by atoms with Crippen molar-refractivity contribution in [3.63, 3.8) is 0 Å². The van der Waals surface area contributed by atoms with Crippen molar-refractivity contribution >= 4 is 39.2 Å². The van der Waals surface area contributed by atoms with Crippen molar-refractivity contribution in [3.8, 4) is 11.1 Å². The van der Waals surface area contributed by atoms with Gasteiger partial charge in [0.25, 0.3) is 5.56 Å². The van der Waals surface area contributed by atoms with Crippen molar-refractivity contribution in [2.24, 2.45) is 0 Å². The van der Waals surface area contributed by atoms with Gasteiger partial charge in [-0.2, -0.15) is 0 Å². The van der Waals surface area contributed by atoms with Crippen LogP contribution in [0.15, 0.2) is 57.8 Å². The van der Waals surface area contributed by atoms with E-state index in [2.05, 4.69) is 11.6 Å². The van der Waals surface area contributed by atoms with Crippen molar-refractivity contribution < 1.29 is 4.79 Å². The monoisotopic (exact) mass is 414 g/mol. The van der Waals surface area contributed by atoms with Crippen LogP contribution in [-0.4, -0.2) is 39.3 Å². The Kier molecular flexibility index (Phi) is 6.21. The summed E-state index contributed by atoms with van der Waals surface area (Å²) in [5.74, 6) is 6.14. The first kappa shape index (κ1) is 20.2. The number of aromatic nitrogens is 2. The van der Waals surface area contributed by atoms with Gasteiger partial charge in [-0.25, -0.2) is 9.66 Å². The van der Waals surface area contributed by atoms with E-state index in [1.807, 2.05) is 49.6 Å². The second-order valence-electron chi connectivity index (χ2n) is 6.42. The number of benzene rings is 1. The van der Waals surface area contributed by atoms with E-state index in [4.69, 9.17) is 5.84 Å². The molecule has 146 valence electrons. The minimum Gasteiger partial charge on any atom is -0.338 e. The first-order chi connectivity index (χ1) is 13.4. The van der Waals surface area contributed by atoms with E-state index in [0.717, 1.165) is 21.4 Å². The molecule has 6 nitrogen and oxygen atoms in total. The third kappa shape index (κ3) is 4.13. The molecule has 0 spiro atoms. The van der Waals surface area contributed by atoms with Gasteiger partial charge in [0.05, 0.1) is 11.1 Å². The molecule has 1 aromatic carbocycles. The summed E-state index contributed by atoms with van der Waals surface area (Å²) in [6.45, 7) is 8.78. The number of nitrogen functional groups attached to an aromatic ring is 1. The minimum atomic E-state index is -0.311. The number of thioether (sulfide) groups is 1. The molecule has 2 N–H and O–H groups in total. The minimum absolute atomic E-state index is 0.0407. The van der Waals surface area contributed by atoms with Crippen molar-refractivity contribution in [3.05, 3.63) is 58.2 Å². The molecule has 0 radical (unpaired) electrons. The van der Waals surface area contributed by atoms with Crippen LogP contribution in [0.5, 0.6) is 0 Å². The number of hydrogen-bond acceptors (Lipinski definition) is 6. The van der Waals surface area contributed by atoms with Crippen molar-refractivity contribution in [2.45, 2.75) is 19.0 Å². The summed E-state index contributed by atoms with van der Waals surface area (Å²) in [7, 11) is 0. The molecular formula is C20H22N4O2S2. The molecule has 0 aliphatic carbocycles. The standard InChI is InChI=1S/C20H22N4O2S2/c1-4-23(10-13(2)3)16(25)12-28-20-22-18-17(19(26)24(20)21)15(11-27-18)14-8-6-5-7-9-14/h5-9,11H,2,4,10,12,21H2,1,3H3. The molecular weight excluding hydrogens is 392 g/mol. The van der Waals surface area contributed by atoms with Crippen LogP contribution in [0.1, 0.15) is 13.8 Å². The molecule has 0 bridgehead atoms. The lowest BCUT2D eigenvalue weighted by Crippen LogP contribution is -2.34. The van der Waals surface area contributed by atoms with Gasteiger partial charge in [-0.15, -0.1) is 11.3 Å². The number of hydrogen-bond donors (Lipinski definition) is 1. The van der Waals surface area contributed by atoms with Gasteiger partial charge in [0.2, 0.25) is 5.91 Å². The van der Waals surface area contributed by atoms with Crippen LogP contribution in [0.2, 0.25) is 0 Å². The molecule has 0 unspecified atom stereocenters. The first-order valence-corrected chi connectivity index (χ1v) is 10.7. The lowest BCUT2D eigenvalue weighted by Gasteiger charge is -2.20. The Bertz CT molecular complexity index is 1070. The fraction of sp³-hybridized carbons (Fsp3) is 0.250. The van der Waals surface area contributed by atoms with Crippen LogP contribution in [0, 0.1) is 0 Å². The molecule has 2 aromatic heterocycles. The Labute approximate surface area is 171 Å². The normalized spacial score (nSPS) is 10.9. The molecule has 2 heterocycles. The zero-order valence-corrected chi connectivity index (χ0v) is 17.5. The zero-order valence-electron chi connectivity index (χ0n) is 15.8. The van der Waals surface area contributed by atoms with Gasteiger partial charge < -0.3 is 10.7 Å². The molecule has 0 aliphatic rings. The second kappa shape index (κ2) is 8.62. The highest BCUT2D eigenvalue weighted by atomic mass is 32.2. The van der Waals surface area contributed by atoms with E-state index >= 15 is 0 Å². The summed E-state index contributed by atoms with van der Waals surface area (Å²) in [5, 5.41) is 2.75. The Balaban J connectivity index is 1.88. The number of fused-ring (bicyclic) bond motifs is 1. The Morgan fingerprint density at radius 3 is 2.71 bits per heavy atom. The molecule has 0 saturated carbocycles. The number of amides is 1. The smallest absolute Gasteiger partial charge is 0.282 e. The maximum absolute atomic E-state index is 12.9. The molecule has 3 aromatic rings. The summed E-state index contributed by atoms with van der Waals surface area (Å²) in [6, 6.07) is 9.67. The SMILES string of the molecule is C=C(C)CN(CC)C(=O)CSc1nc2scc(-c3ccccc3)c2c(=O)n1N. The van der Waals surface area contributed by atoms with Gasteiger partial charge in [0.1, 0.15) is 4.83 Å². The van der Waals surface area contributed by atoms with Gasteiger partial charge in [-0.05, 0) is 19.4 Å². The van der Waals surface area contributed by atoms with Crippen LogP contribution in [0.3, 0.4) is 0 Å². The topological polar surface area (TPSA) is 81.2 Å². The predicted molar refractivity (Wildman–Crippen MR) is 117 cm³/mol. The van der Waals surface area contributed by atoms with Crippen molar-refractivity contribution in [1.82, 2.24) is 14.6 Å². The van der Waals surface area contributed by atoms with E-state index in [1.165, 1.54) is 23.1 Å². The van der Waals surface area contributed by atoms with Crippen LogP contribution in [0.25, 0.3) is 21.3 Å². The highest BCUT2D eigenvalue weighted by molar-refractivity contribution is 7.99. The number of nitrogens with zero attached hydrogens (tertiary/aromatic N) is 3. The molecule has 0 saturated heterocycles. The summed E-state index contributed by atoms with van der Waals surface area (Å²) in [5.41, 5.74) is 2.38. The lowest BCUT2D eigenvalue weighted by atomic mass is 10.1. The van der Waals surface area contributed by atoms with E-state index in [-0.39, 0.29) is 17.2 Å². The van der Waals surface area contributed by atoms with E-state index < -0.39 is 0 Å². The number of carbonyl (C=O) groups is 1. The number of nitrogens with two attached hydrogens (primary N) is 1. The number of carbonyl (C=O) groups excluding carboxylic acids is 1. The fourth-order valence-corrected chi connectivity index (χ4v) is 4.64. The summed E-state index contributed by atoms with van der Waals surface area (Å²) in [6.07, 6.45) is 0. The fourth-order valence-electron chi connectivity index (χ4n) is 2.84. The van der Waals surface area contributed by atoms with E-state index in [9.17, 15) is 9.59 Å². The van der Waals surface area contributed by atoms with Gasteiger partial charge in [-0.1, -0.05) is 54.2 Å². The third-order valence-corrected chi connectivity index (χ3v) is 6.02. The highest BCUT2D eigenvalue weighted by Crippen LogP contribution is 2.31. The Morgan fingerprint density at radius 2 is 2.07 bits per heavy atom. The van der Waals surface area contributed by atoms with E-state index in [0.29, 0.717) is 28.5 Å². The molecule has 0 fully saturated rings. The quantitative estimate of drug-likeness (QED) is 0.277. The molecule has 0 aliphatic heterocycles. The van der Waals surface area contributed by atoms with Gasteiger partial charge in [0, 0.05) is 24.0 Å². The van der Waals surface area contributed by atoms with Crippen LogP contribution < -0.4 is 11.4 Å². The summed E-state index contributed by atoms with van der Waals surface area (Å²) in [4.78, 5) is 32.2. The predicted octanol–water partition coefficient (Wildman–Crippen LogP) is 3.36. The number of rotatable bonds is 7. The van der Waals surface area contributed by atoms with Crippen molar-refractivity contribution in [2.75, 3.05) is 24.7 Å². The molecule has 0 atom stereocenters. The summed E-state index contributed by atoms with van der Waals surface area (Å²) >= 11 is 2.57. The third-order valence-electron chi connectivity index (χ3n) is 4.21. The Morgan fingerprint density at radius 1 is 1.36 bits per heavy atom. The molecule has 1 amide bonds.